The average Bonchev–Trinajstić information content (AvgIpc) is 3.59. The molecule has 0 heterocycles. The Kier molecular flexibility index (Phi) is 6.01. The lowest BCUT2D eigenvalue weighted by Crippen LogP contribution is -2.62. The van der Waals surface area contributed by atoms with Gasteiger partial charge in [-0.2, -0.15) is 13.2 Å². The second-order valence-electron chi connectivity index (χ2n) is 8.72. The first-order chi connectivity index (χ1) is 16.0. The van der Waals surface area contributed by atoms with E-state index in [1.165, 1.54) is 0 Å². The zero-order valence-corrected chi connectivity index (χ0v) is 18.2. The van der Waals surface area contributed by atoms with E-state index in [0.29, 0.717) is 12.8 Å². The Morgan fingerprint density at radius 1 is 1.03 bits per heavy atom. The van der Waals surface area contributed by atoms with Crippen LogP contribution in [0.3, 0.4) is 0 Å². The third kappa shape index (κ3) is 4.44. The summed E-state index contributed by atoms with van der Waals surface area (Å²) in [4.78, 5) is 36.3. The lowest BCUT2D eigenvalue weighted by molar-refractivity contribution is -0.171. The lowest BCUT2D eigenvalue weighted by Gasteiger charge is -2.29. The van der Waals surface area contributed by atoms with Crippen LogP contribution in [0.15, 0.2) is 48.5 Å². The Morgan fingerprint density at radius 3 is 2.03 bits per heavy atom. The van der Waals surface area contributed by atoms with E-state index in [2.05, 4.69) is 0 Å². The summed E-state index contributed by atoms with van der Waals surface area (Å²) in [5.74, 6) is -3.94. The molecule has 1 fully saturated rings. The van der Waals surface area contributed by atoms with Gasteiger partial charge in [0.15, 0.2) is 0 Å². The summed E-state index contributed by atoms with van der Waals surface area (Å²) >= 11 is 0. The highest BCUT2D eigenvalue weighted by atomic mass is 19.4. The molecule has 2 aliphatic rings. The van der Waals surface area contributed by atoms with Crippen molar-refractivity contribution in [2.24, 2.45) is 5.92 Å². The number of hydrogen-bond donors (Lipinski definition) is 3. The van der Waals surface area contributed by atoms with Gasteiger partial charge in [0.05, 0.1) is 0 Å². The van der Waals surface area contributed by atoms with Crippen molar-refractivity contribution in [1.82, 2.24) is 10.6 Å². The van der Waals surface area contributed by atoms with Gasteiger partial charge in [-0.25, -0.2) is 9.59 Å². The molecule has 180 valence electrons. The van der Waals surface area contributed by atoms with Crippen LogP contribution in [0.5, 0.6) is 0 Å². The van der Waals surface area contributed by atoms with Crippen LogP contribution in [-0.2, 0) is 14.3 Å². The van der Waals surface area contributed by atoms with E-state index in [9.17, 15) is 32.7 Å². The molecule has 1 saturated carbocycles. The fourth-order valence-corrected chi connectivity index (χ4v) is 4.37. The van der Waals surface area contributed by atoms with E-state index in [0.717, 1.165) is 29.2 Å². The third-order valence-electron chi connectivity index (χ3n) is 6.42. The largest absolute Gasteiger partial charge is 0.480 e. The number of carbonyl (C=O) groups is 3. The number of benzene rings is 2. The number of alkyl carbamates (subject to hydrolysis) is 1. The first-order valence-corrected chi connectivity index (χ1v) is 10.8. The minimum atomic E-state index is -5.15. The lowest BCUT2D eigenvalue weighted by atomic mass is 9.95. The van der Waals surface area contributed by atoms with Crippen molar-refractivity contribution in [3.05, 3.63) is 59.7 Å². The highest BCUT2D eigenvalue weighted by molar-refractivity contribution is 5.92. The molecule has 2 amide bonds. The van der Waals surface area contributed by atoms with E-state index in [1.807, 2.05) is 53.8 Å². The number of carboxylic acid groups (broad SMARTS) is 1. The molecule has 2 atom stereocenters. The third-order valence-corrected chi connectivity index (χ3v) is 6.42. The van der Waals surface area contributed by atoms with E-state index in [4.69, 9.17) is 4.74 Å². The summed E-state index contributed by atoms with van der Waals surface area (Å²) in [7, 11) is 0. The molecule has 0 aromatic heterocycles. The second-order valence-corrected chi connectivity index (χ2v) is 8.72. The fourth-order valence-electron chi connectivity index (χ4n) is 4.37. The number of carbonyl (C=O) groups excluding carboxylic acids is 2. The van der Waals surface area contributed by atoms with Crippen LogP contribution in [0.4, 0.5) is 18.0 Å². The maximum atomic E-state index is 13.6. The smallest absolute Gasteiger partial charge is 0.417 e. The summed E-state index contributed by atoms with van der Waals surface area (Å²) in [6.07, 6.45) is -5.64. The topological polar surface area (TPSA) is 105 Å². The van der Waals surface area contributed by atoms with Crippen molar-refractivity contribution >= 4 is 18.0 Å². The molecule has 2 aliphatic carbocycles. The number of nitrogens with one attached hydrogen (secondary N) is 2. The molecule has 10 heteroatoms. The van der Waals surface area contributed by atoms with Crippen LogP contribution in [0.1, 0.15) is 36.8 Å². The van der Waals surface area contributed by atoms with Crippen molar-refractivity contribution in [3.8, 4) is 11.1 Å². The Bertz CT molecular complexity index is 1090. The minimum Gasteiger partial charge on any atom is -0.480 e. The predicted molar refractivity (Wildman–Crippen MR) is 115 cm³/mol. The van der Waals surface area contributed by atoms with Gasteiger partial charge in [0.25, 0.3) is 5.91 Å². The molecule has 3 N–H and O–H groups in total. The highest BCUT2D eigenvalue weighted by Gasteiger charge is 2.53. The van der Waals surface area contributed by atoms with Crippen LogP contribution in [-0.4, -0.2) is 47.4 Å². The molecule has 0 aliphatic heterocycles. The zero-order chi connectivity index (χ0) is 24.7. The van der Waals surface area contributed by atoms with Crippen LogP contribution in [0, 0.1) is 5.92 Å². The number of hydrogen-bond acceptors (Lipinski definition) is 4. The van der Waals surface area contributed by atoms with Gasteiger partial charge in [-0.05, 0) is 47.9 Å². The van der Waals surface area contributed by atoms with Crippen LogP contribution >= 0.6 is 0 Å². The van der Waals surface area contributed by atoms with Crippen molar-refractivity contribution in [2.45, 2.75) is 43.4 Å². The number of halogens is 3. The summed E-state index contributed by atoms with van der Waals surface area (Å²) in [5.41, 5.74) is 1.80. The molecule has 4 rings (SSSR count). The maximum absolute atomic E-state index is 13.6. The zero-order valence-electron chi connectivity index (χ0n) is 18.2. The number of carboxylic acids is 1. The van der Waals surface area contributed by atoms with Gasteiger partial charge in [0.1, 0.15) is 12.1 Å². The summed E-state index contributed by atoms with van der Waals surface area (Å²) < 4.78 is 45.8. The normalized spacial score (nSPS) is 17.6. The molecule has 0 saturated heterocycles. The highest BCUT2D eigenvalue weighted by Crippen LogP contribution is 2.44. The quantitative estimate of drug-likeness (QED) is 0.564. The molecule has 0 bridgehead atoms. The Hall–Kier alpha value is -3.56. The average molecular weight is 476 g/mol. The van der Waals surface area contributed by atoms with Gasteiger partial charge in [0, 0.05) is 5.92 Å². The summed E-state index contributed by atoms with van der Waals surface area (Å²) in [5, 5.41) is 12.9. The molecule has 0 radical (unpaired) electrons. The van der Waals surface area contributed by atoms with E-state index < -0.39 is 41.6 Å². The van der Waals surface area contributed by atoms with Crippen LogP contribution in [0.25, 0.3) is 11.1 Å². The molecular formula is C24H23F3N2O5. The van der Waals surface area contributed by atoms with Gasteiger partial charge in [-0.15, -0.1) is 0 Å². The number of alkyl halides is 3. The molecule has 7 nitrogen and oxygen atoms in total. The molecule has 2 aromatic rings. The van der Waals surface area contributed by atoms with Gasteiger partial charge in [-0.1, -0.05) is 48.5 Å². The number of amides is 2. The van der Waals surface area contributed by atoms with Gasteiger partial charge < -0.3 is 20.5 Å². The summed E-state index contributed by atoms with van der Waals surface area (Å²) in [6, 6.07) is 12.0. The van der Waals surface area contributed by atoms with Crippen molar-refractivity contribution in [3.63, 3.8) is 0 Å². The summed E-state index contributed by atoms with van der Waals surface area (Å²) in [6.45, 7) is 0.923. The molecule has 0 spiro atoms. The SMILES string of the molecule is CC(NC(=O)C(NC(=O)OCC1c2ccccc2-c2ccccc21)C(F)(F)F)(C(=O)O)C1CC1. The second kappa shape index (κ2) is 8.66. The van der Waals surface area contributed by atoms with Crippen molar-refractivity contribution in [2.75, 3.05) is 6.61 Å². The van der Waals surface area contributed by atoms with E-state index in [-0.39, 0.29) is 12.5 Å². The Morgan fingerprint density at radius 2 is 1.56 bits per heavy atom. The van der Waals surface area contributed by atoms with E-state index >= 15 is 0 Å². The number of rotatable bonds is 7. The molecule has 2 aromatic carbocycles. The number of aliphatic carboxylic acids is 1. The number of fused-ring (bicyclic) bond motifs is 3. The fraction of sp³-hybridized carbons (Fsp3) is 0.375. The van der Waals surface area contributed by atoms with E-state index in [1.54, 1.807) is 5.32 Å². The predicted octanol–water partition coefficient (Wildman–Crippen LogP) is 3.83. The standard InChI is InChI=1S/C24H23F3N2O5/c1-23(21(31)32,13-10-11-13)29-20(30)19(24(25,26)27)28-22(33)34-12-18-16-8-4-2-6-14(16)15-7-3-5-9-17(15)18/h2-9,13,18-19H,10-12H2,1H3,(H,28,33)(H,29,30)(H,31,32). The van der Waals surface area contributed by atoms with Crippen LogP contribution < -0.4 is 10.6 Å². The maximum Gasteiger partial charge on any atom is 0.417 e. The molecule has 34 heavy (non-hydrogen) atoms. The van der Waals surface area contributed by atoms with Crippen molar-refractivity contribution < 1.29 is 37.4 Å². The minimum absolute atomic E-state index is 0.235. The Labute approximate surface area is 193 Å². The van der Waals surface area contributed by atoms with Gasteiger partial charge in [-0.3, -0.25) is 4.79 Å². The van der Waals surface area contributed by atoms with Gasteiger partial charge in [0.2, 0.25) is 6.04 Å². The number of ether oxygens (including phenoxy) is 1. The van der Waals surface area contributed by atoms with Crippen molar-refractivity contribution in [1.29, 1.82) is 0 Å². The monoisotopic (exact) mass is 476 g/mol. The van der Waals surface area contributed by atoms with Gasteiger partial charge >= 0.3 is 18.2 Å². The molecular weight excluding hydrogens is 453 g/mol. The first-order valence-electron chi connectivity index (χ1n) is 10.8. The molecule has 2 unspecified atom stereocenters. The first kappa shape index (κ1) is 23.6. The van der Waals surface area contributed by atoms with Crippen LogP contribution in [0.2, 0.25) is 0 Å². The Balaban J connectivity index is 1.45.